The van der Waals surface area contributed by atoms with Crippen molar-refractivity contribution >= 4 is 23.5 Å². The molecule has 0 unspecified atom stereocenters. The van der Waals surface area contributed by atoms with Crippen molar-refractivity contribution in [2.45, 2.75) is 18.9 Å². The van der Waals surface area contributed by atoms with Crippen LogP contribution in [0.15, 0.2) is 42.5 Å². The molecule has 4 rings (SSSR count). The fourth-order valence-electron chi connectivity index (χ4n) is 3.17. The Kier molecular flexibility index (Phi) is 5.33. The van der Waals surface area contributed by atoms with E-state index in [0.29, 0.717) is 42.2 Å². The molecular weight excluding hydrogens is 376 g/mol. The summed E-state index contributed by atoms with van der Waals surface area (Å²) in [4.78, 5) is 35.6. The van der Waals surface area contributed by atoms with Gasteiger partial charge in [0.2, 0.25) is 5.91 Å². The van der Waals surface area contributed by atoms with Gasteiger partial charge in [0.25, 0.3) is 5.91 Å². The number of carbonyl (C=O) groups is 3. The maximum Gasteiger partial charge on any atom is 0.338 e. The van der Waals surface area contributed by atoms with E-state index in [4.69, 9.17) is 14.2 Å². The Hall–Kier alpha value is -3.55. The van der Waals surface area contributed by atoms with Crippen LogP contribution in [0.3, 0.4) is 0 Å². The van der Waals surface area contributed by atoms with Crippen LogP contribution in [0, 0.1) is 0 Å². The van der Waals surface area contributed by atoms with Crippen LogP contribution >= 0.6 is 0 Å². The molecule has 8 heteroatoms. The normalized spacial score (nSPS) is 17.0. The predicted octanol–water partition coefficient (Wildman–Crippen LogP) is 1.68. The largest absolute Gasteiger partial charge is 0.486 e. The van der Waals surface area contributed by atoms with Crippen LogP contribution in [0.4, 0.5) is 5.69 Å². The van der Waals surface area contributed by atoms with Crippen molar-refractivity contribution in [2.75, 3.05) is 25.1 Å². The van der Waals surface area contributed by atoms with Crippen LogP contribution in [0.25, 0.3) is 0 Å². The summed E-state index contributed by atoms with van der Waals surface area (Å²) >= 11 is 0. The number of hydrogen-bond donors (Lipinski definition) is 2. The summed E-state index contributed by atoms with van der Waals surface area (Å²) in [5, 5.41) is 5.43. The number of nitrogens with one attached hydrogen (secondary N) is 2. The van der Waals surface area contributed by atoms with Gasteiger partial charge in [-0.3, -0.25) is 9.59 Å². The first-order valence-electron chi connectivity index (χ1n) is 9.33. The van der Waals surface area contributed by atoms with Crippen LogP contribution < -0.4 is 20.1 Å². The molecule has 2 aliphatic heterocycles. The lowest BCUT2D eigenvalue weighted by Crippen LogP contribution is -2.42. The Morgan fingerprint density at radius 3 is 2.83 bits per heavy atom. The van der Waals surface area contributed by atoms with Crippen molar-refractivity contribution < 1.29 is 28.6 Å². The van der Waals surface area contributed by atoms with Gasteiger partial charge < -0.3 is 24.8 Å². The summed E-state index contributed by atoms with van der Waals surface area (Å²) in [7, 11) is 0. The molecular formula is C21H20N2O6. The number of para-hydroxylation sites is 2. The molecule has 0 fully saturated rings. The Morgan fingerprint density at radius 1 is 1.14 bits per heavy atom. The summed E-state index contributed by atoms with van der Waals surface area (Å²) in [6, 6.07) is 12.2. The van der Waals surface area contributed by atoms with Crippen LogP contribution in [0.2, 0.25) is 0 Å². The maximum absolute atomic E-state index is 12.2. The number of ether oxygens (including phenoxy) is 3. The summed E-state index contributed by atoms with van der Waals surface area (Å²) in [5.41, 5.74) is 1.92. The van der Waals surface area contributed by atoms with Gasteiger partial charge in [0, 0.05) is 12.1 Å². The number of benzene rings is 2. The Bertz CT molecular complexity index is 958. The summed E-state index contributed by atoms with van der Waals surface area (Å²) in [6.07, 6.45) is 0.626. The molecule has 2 amide bonds. The standard InChI is InChI=1S/C21H20N2O6/c24-19-8-6-13-9-14(5-7-16(13)23-19)21(26)28-12-20(25)22-10-15-11-27-17-3-1-2-4-18(17)29-15/h1-5,7,9,15H,6,8,10-12H2,(H,22,25)(H,23,24)/t15-/m0/s1. The quantitative estimate of drug-likeness (QED) is 0.746. The van der Waals surface area contributed by atoms with E-state index < -0.39 is 18.5 Å². The molecule has 29 heavy (non-hydrogen) atoms. The minimum atomic E-state index is -0.592. The van der Waals surface area contributed by atoms with Crippen molar-refractivity contribution in [3.63, 3.8) is 0 Å². The van der Waals surface area contributed by atoms with Crippen molar-refractivity contribution in [1.29, 1.82) is 0 Å². The van der Waals surface area contributed by atoms with Crippen LogP contribution in [-0.4, -0.2) is 43.6 Å². The third-order valence-electron chi connectivity index (χ3n) is 4.67. The van der Waals surface area contributed by atoms with Gasteiger partial charge >= 0.3 is 5.97 Å². The zero-order valence-corrected chi connectivity index (χ0v) is 15.6. The van der Waals surface area contributed by atoms with Gasteiger partial charge in [-0.1, -0.05) is 12.1 Å². The molecule has 0 saturated carbocycles. The number of fused-ring (bicyclic) bond motifs is 2. The molecule has 8 nitrogen and oxygen atoms in total. The van der Waals surface area contributed by atoms with E-state index in [1.54, 1.807) is 24.3 Å². The highest BCUT2D eigenvalue weighted by Crippen LogP contribution is 2.30. The highest BCUT2D eigenvalue weighted by atomic mass is 16.6. The zero-order valence-electron chi connectivity index (χ0n) is 15.6. The van der Waals surface area contributed by atoms with Crippen LogP contribution in [0.1, 0.15) is 22.3 Å². The highest BCUT2D eigenvalue weighted by molar-refractivity contribution is 5.96. The van der Waals surface area contributed by atoms with Gasteiger partial charge in [0.1, 0.15) is 12.7 Å². The molecule has 150 valence electrons. The molecule has 0 spiro atoms. The summed E-state index contributed by atoms with van der Waals surface area (Å²) in [5.74, 6) is 0.249. The average molecular weight is 396 g/mol. The second-order valence-electron chi connectivity index (χ2n) is 6.80. The minimum Gasteiger partial charge on any atom is -0.486 e. The average Bonchev–Trinajstić information content (AvgIpc) is 2.75. The van der Waals surface area contributed by atoms with Gasteiger partial charge in [0.05, 0.1) is 12.1 Å². The minimum absolute atomic E-state index is 0.0414. The predicted molar refractivity (Wildman–Crippen MR) is 103 cm³/mol. The second kappa shape index (κ2) is 8.22. The lowest BCUT2D eigenvalue weighted by atomic mass is 10.0. The van der Waals surface area contributed by atoms with E-state index >= 15 is 0 Å². The number of anilines is 1. The highest BCUT2D eigenvalue weighted by Gasteiger charge is 2.22. The van der Waals surface area contributed by atoms with Gasteiger partial charge in [-0.05, 0) is 42.3 Å². The summed E-state index contributed by atoms with van der Waals surface area (Å²) < 4.78 is 16.4. The smallest absolute Gasteiger partial charge is 0.338 e. The second-order valence-corrected chi connectivity index (χ2v) is 6.80. The Balaban J connectivity index is 1.24. The van der Waals surface area contributed by atoms with Crippen molar-refractivity contribution in [3.8, 4) is 11.5 Å². The third-order valence-corrected chi connectivity index (χ3v) is 4.67. The Labute approximate surface area is 167 Å². The molecule has 1 atom stereocenters. The first-order valence-corrected chi connectivity index (χ1v) is 9.33. The van der Waals surface area contributed by atoms with Crippen LogP contribution in [0.5, 0.6) is 11.5 Å². The van der Waals surface area contributed by atoms with Crippen molar-refractivity contribution in [2.24, 2.45) is 0 Å². The maximum atomic E-state index is 12.2. The SMILES string of the molecule is O=C(COC(=O)c1ccc2c(c1)CCC(=O)N2)NC[C@H]1COc2ccccc2O1. The van der Waals surface area contributed by atoms with Gasteiger partial charge in [-0.15, -0.1) is 0 Å². The Morgan fingerprint density at radius 2 is 1.97 bits per heavy atom. The fraction of sp³-hybridized carbons (Fsp3) is 0.286. The number of rotatable bonds is 5. The van der Waals surface area contributed by atoms with Gasteiger partial charge in [0.15, 0.2) is 18.1 Å². The van der Waals surface area contributed by atoms with E-state index in [1.165, 1.54) is 0 Å². The third kappa shape index (κ3) is 4.48. The monoisotopic (exact) mass is 396 g/mol. The molecule has 0 bridgehead atoms. The summed E-state index contributed by atoms with van der Waals surface area (Å²) in [6.45, 7) is 0.169. The van der Waals surface area contributed by atoms with Gasteiger partial charge in [-0.2, -0.15) is 0 Å². The number of esters is 1. The molecule has 0 saturated heterocycles. The molecule has 2 aliphatic rings. The number of carbonyl (C=O) groups excluding carboxylic acids is 3. The van der Waals surface area contributed by atoms with Crippen molar-refractivity contribution in [1.82, 2.24) is 5.32 Å². The number of hydrogen-bond acceptors (Lipinski definition) is 6. The topological polar surface area (TPSA) is 103 Å². The van der Waals surface area contributed by atoms with E-state index in [2.05, 4.69) is 10.6 Å². The molecule has 2 aromatic rings. The van der Waals surface area contributed by atoms with Crippen molar-refractivity contribution in [3.05, 3.63) is 53.6 Å². The molecule has 0 aliphatic carbocycles. The lowest BCUT2D eigenvalue weighted by Gasteiger charge is -2.26. The molecule has 0 radical (unpaired) electrons. The number of amides is 2. The molecule has 0 aromatic heterocycles. The molecule has 2 N–H and O–H groups in total. The van der Waals surface area contributed by atoms with E-state index in [1.807, 2.05) is 18.2 Å². The molecule has 2 heterocycles. The fourth-order valence-corrected chi connectivity index (χ4v) is 3.17. The van der Waals surface area contributed by atoms with E-state index in [9.17, 15) is 14.4 Å². The first-order chi connectivity index (χ1) is 14.1. The lowest BCUT2D eigenvalue weighted by molar-refractivity contribution is -0.124. The first kappa shape index (κ1) is 18.8. The zero-order chi connectivity index (χ0) is 20.2. The van der Waals surface area contributed by atoms with E-state index in [-0.39, 0.29) is 18.6 Å². The molecule has 2 aromatic carbocycles. The van der Waals surface area contributed by atoms with Crippen LogP contribution in [-0.2, 0) is 20.7 Å². The van der Waals surface area contributed by atoms with E-state index in [0.717, 1.165) is 5.56 Å². The van der Waals surface area contributed by atoms with Gasteiger partial charge in [-0.25, -0.2) is 4.79 Å². The number of aryl methyl sites for hydroxylation is 1.